The first-order chi connectivity index (χ1) is 8.09. The molecule has 0 aliphatic carbocycles. The molecule has 0 bridgehead atoms. The van der Waals surface area contributed by atoms with Gasteiger partial charge in [-0.25, -0.2) is 0 Å². The van der Waals surface area contributed by atoms with Crippen LogP contribution < -0.4 is 10.9 Å². The van der Waals surface area contributed by atoms with E-state index in [1.807, 2.05) is 6.92 Å². The predicted octanol–water partition coefficient (Wildman–Crippen LogP) is 0.697. The summed E-state index contributed by atoms with van der Waals surface area (Å²) in [5, 5.41) is 2.65. The van der Waals surface area contributed by atoms with Crippen molar-refractivity contribution >= 4 is 5.91 Å². The summed E-state index contributed by atoms with van der Waals surface area (Å²) in [5.74, 6) is -0.282. The van der Waals surface area contributed by atoms with Crippen LogP contribution in [-0.4, -0.2) is 30.6 Å². The first kappa shape index (κ1) is 13.2. The third-order valence-corrected chi connectivity index (χ3v) is 1.92. The van der Waals surface area contributed by atoms with Crippen molar-refractivity contribution in [3.8, 4) is 0 Å². The Hall–Kier alpha value is -1.88. The Morgan fingerprint density at radius 1 is 1.59 bits per heavy atom. The second-order valence-corrected chi connectivity index (χ2v) is 3.71. The number of rotatable bonds is 6. The third kappa shape index (κ3) is 5.12. The molecule has 0 saturated heterocycles. The molecule has 1 heterocycles. The molecule has 5 nitrogen and oxygen atoms in total. The average molecular weight is 236 g/mol. The summed E-state index contributed by atoms with van der Waals surface area (Å²) in [6.45, 7) is 6.87. The highest BCUT2D eigenvalue weighted by molar-refractivity contribution is 5.93. The van der Waals surface area contributed by atoms with E-state index in [9.17, 15) is 9.59 Å². The molecule has 5 heteroatoms. The Labute approximate surface area is 99.5 Å². The fourth-order valence-electron chi connectivity index (χ4n) is 1.17. The van der Waals surface area contributed by atoms with Crippen molar-refractivity contribution in [3.63, 3.8) is 0 Å². The molecule has 0 saturated carbocycles. The van der Waals surface area contributed by atoms with Crippen molar-refractivity contribution in [1.82, 2.24) is 10.3 Å². The molecule has 0 aliphatic heterocycles. The number of H-pyrrole nitrogens is 1. The summed E-state index contributed by atoms with van der Waals surface area (Å²) in [5.41, 5.74) is 0.982. The Bertz CT molecular complexity index is 451. The number of hydrogen-bond acceptors (Lipinski definition) is 3. The maximum atomic E-state index is 11.6. The van der Waals surface area contributed by atoms with E-state index in [1.54, 1.807) is 6.07 Å². The molecule has 1 aromatic rings. The molecule has 1 rings (SSSR count). The van der Waals surface area contributed by atoms with E-state index in [-0.39, 0.29) is 11.5 Å². The molecule has 92 valence electrons. The van der Waals surface area contributed by atoms with Gasteiger partial charge in [0, 0.05) is 24.4 Å². The minimum absolute atomic E-state index is 0.282. The van der Waals surface area contributed by atoms with E-state index in [0.29, 0.717) is 25.3 Å². The summed E-state index contributed by atoms with van der Waals surface area (Å²) in [6.07, 6.45) is 1.44. The number of hydrogen-bond donors (Lipinski definition) is 2. The zero-order valence-electron chi connectivity index (χ0n) is 9.79. The zero-order chi connectivity index (χ0) is 12.7. The van der Waals surface area contributed by atoms with Crippen molar-refractivity contribution in [3.05, 3.63) is 46.4 Å². The second kappa shape index (κ2) is 6.65. The minimum atomic E-state index is -0.295. The number of ether oxygens (including phenoxy) is 1. The van der Waals surface area contributed by atoms with Crippen LogP contribution in [0.1, 0.15) is 17.3 Å². The fourth-order valence-corrected chi connectivity index (χ4v) is 1.17. The summed E-state index contributed by atoms with van der Waals surface area (Å²) in [6, 6.07) is 2.80. The van der Waals surface area contributed by atoms with Crippen LogP contribution in [0.2, 0.25) is 0 Å². The van der Waals surface area contributed by atoms with Crippen LogP contribution in [0.5, 0.6) is 0 Å². The van der Waals surface area contributed by atoms with E-state index in [2.05, 4.69) is 16.9 Å². The Balaban J connectivity index is 2.30. The molecule has 2 N–H and O–H groups in total. The van der Waals surface area contributed by atoms with E-state index in [0.717, 1.165) is 5.57 Å². The van der Waals surface area contributed by atoms with Crippen LogP contribution in [0, 0.1) is 0 Å². The maximum absolute atomic E-state index is 11.6. The van der Waals surface area contributed by atoms with Crippen LogP contribution in [0.25, 0.3) is 0 Å². The molecule has 0 spiro atoms. The first-order valence-corrected chi connectivity index (χ1v) is 5.28. The molecular formula is C12H16N2O3. The Kier molecular flexibility index (Phi) is 5.16. The minimum Gasteiger partial charge on any atom is -0.375 e. The molecule has 0 radical (unpaired) electrons. The summed E-state index contributed by atoms with van der Waals surface area (Å²) in [7, 11) is 0. The highest BCUT2D eigenvalue weighted by Crippen LogP contribution is 1.92. The quantitative estimate of drug-likeness (QED) is 0.564. The number of nitrogens with one attached hydrogen (secondary N) is 2. The van der Waals surface area contributed by atoms with Gasteiger partial charge in [-0.15, -0.1) is 0 Å². The van der Waals surface area contributed by atoms with Gasteiger partial charge in [-0.1, -0.05) is 12.2 Å². The van der Waals surface area contributed by atoms with Gasteiger partial charge in [0.05, 0.1) is 13.2 Å². The van der Waals surface area contributed by atoms with Gasteiger partial charge < -0.3 is 15.0 Å². The lowest BCUT2D eigenvalue weighted by Gasteiger charge is -2.05. The number of aromatic nitrogens is 1. The lowest BCUT2D eigenvalue weighted by atomic mass is 10.2. The van der Waals surface area contributed by atoms with Gasteiger partial charge in [0.25, 0.3) is 5.91 Å². The molecule has 0 fully saturated rings. The fraction of sp³-hybridized carbons (Fsp3) is 0.333. The standard InChI is InChI=1S/C12H16N2O3/c1-9(2)8-17-6-5-14-12(16)10-3-4-13-11(15)7-10/h3-4,7H,1,5-6,8H2,2H3,(H,13,15)(H,14,16). The van der Waals surface area contributed by atoms with E-state index >= 15 is 0 Å². The van der Waals surface area contributed by atoms with E-state index < -0.39 is 0 Å². The lowest BCUT2D eigenvalue weighted by Crippen LogP contribution is -2.28. The summed E-state index contributed by atoms with van der Waals surface area (Å²) in [4.78, 5) is 25.0. The summed E-state index contributed by atoms with van der Waals surface area (Å²) >= 11 is 0. The molecule has 0 aromatic carbocycles. The predicted molar refractivity (Wildman–Crippen MR) is 65.0 cm³/mol. The van der Waals surface area contributed by atoms with Crippen LogP contribution >= 0.6 is 0 Å². The first-order valence-electron chi connectivity index (χ1n) is 5.28. The normalized spacial score (nSPS) is 9.94. The molecule has 0 aliphatic rings. The van der Waals surface area contributed by atoms with Crippen LogP contribution in [0.4, 0.5) is 0 Å². The van der Waals surface area contributed by atoms with E-state index in [1.165, 1.54) is 12.3 Å². The monoisotopic (exact) mass is 236 g/mol. The van der Waals surface area contributed by atoms with Gasteiger partial charge in [-0.2, -0.15) is 0 Å². The number of carbonyl (C=O) groups is 1. The van der Waals surface area contributed by atoms with Crippen LogP contribution in [0.3, 0.4) is 0 Å². The van der Waals surface area contributed by atoms with Crippen molar-refractivity contribution in [2.45, 2.75) is 6.92 Å². The van der Waals surface area contributed by atoms with Crippen LogP contribution in [-0.2, 0) is 4.74 Å². The number of carbonyl (C=O) groups excluding carboxylic acids is 1. The molecule has 17 heavy (non-hydrogen) atoms. The third-order valence-electron chi connectivity index (χ3n) is 1.92. The smallest absolute Gasteiger partial charge is 0.251 e. The van der Waals surface area contributed by atoms with Crippen LogP contribution in [0.15, 0.2) is 35.3 Å². The molecular weight excluding hydrogens is 220 g/mol. The van der Waals surface area contributed by atoms with E-state index in [4.69, 9.17) is 4.74 Å². The number of aromatic amines is 1. The number of pyridine rings is 1. The SMILES string of the molecule is C=C(C)COCCNC(=O)c1cc[nH]c(=O)c1. The van der Waals surface area contributed by atoms with Gasteiger partial charge in [0.15, 0.2) is 0 Å². The largest absolute Gasteiger partial charge is 0.375 e. The number of amides is 1. The van der Waals surface area contributed by atoms with Crippen molar-refractivity contribution in [1.29, 1.82) is 0 Å². The zero-order valence-corrected chi connectivity index (χ0v) is 9.79. The Morgan fingerprint density at radius 2 is 2.35 bits per heavy atom. The Morgan fingerprint density at radius 3 is 3.00 bits per heavy atom. The lowest BCUT2D eigenvalue weighted by molar-refractivity contribution is 0.0926. The second-order valence-electron chi connectivity index (χ2n) is 3.71. The van der Waals surface area contributed by atoms with Crippen molar-refractivity contribution in [2.24, 2.45) is 0 Å². The average Bonchev–Trinajstić information content (AvgIpc) is 2.28. The van der Waals surface area contributed by atoms with Gasteiger partial charge in [-0.05, 0) is 13.0 Å². The van der Waals surface area contributed by atoms with Crippen molar-refractivity contribution < 1.29 is 9.53 Å². The maximum Gasteiger partial charge on any atom is 0.251 e. The van der Waals surface area contributed by atoms with Gasteiger partial charge in [0.1, 0.15) is 0 Å². The topological polar surface area (TPSA) is 71.2 Å². The highest BCUT2D eigenvalue weighted by Gasteiger charge is 2.04. The highest BCUT2D eigenvalue weighted by atomic mass is 16.5. The van der Waals surface area contributed by atoms with Gasteiger partial charge >= 0.3 is 0 Å². The summed E-state index contributed by atoms with van der Waals surface area (Å²) < 4.78 is 5.22. The molecule has 1 amide bonds. The molecule has 0 atom stereocenters. The van der Waals surface area contributed by atoms with Crippen molar-refractivity contribution in [2.75, 3.05) is 19.8 Å². The van der Waals surface area contributed by atoms with Gasteiger partial charge in [0.2, 0.25) is 5.56 Å². The molecule has 1 aromatic heterocycles. The molecule has 0 unspecified atom stereocenters. The van der Waals surface area contributed by atoms with Gasteiger partial charge in [-0.3, -0.25) is 9.59 Å².